The molecule has 0 aromatic heterocycles. The van der Waals surface area contributed by atoms with Gasteiger partial charge in [0.25, 0.3) is 0 Å². The van der Waals surface area contributed by atoms with E-state index in [9.17, 15) is 9.59 Å². The number of fused-ring (bicyclic) bond motifs is 1. The first-order valence-electron chi connectivity index (χ1n) is 7.32. The van der Waals surface area contributed by atoms with E-state index in [1.54, 1.807) is 29.2 Å². The number of benzene rings is 2. The van der Waals surface area contributed by atoms with Gasteiger partial charge in [0, 0.05) is 22.2 Å². The minimum atomic E-state index is -0.0707. The molecule has 0 saturated carbocycles. The van der Waals surface area contributed by atoms with Gasteiger partial charge in [-0.15, -0.1) is 0 Å². The van der Waals surface area contributed by atoms with Crippen molar-refractivity contribution >= 4 is 35.4 Å². The average molecular weight is 348 g/mol. The Bertz CT molecular complexity index is 768. The van der Waals surface area contributed by atoms with Crippen LogP contribution in [0.25, 0.3) is 0 Å². The van der Waals surface area contributed by atoms with Crippen molar-refractivity contribution < 1.29 is 9.59 Å². The van der Waals surface area contributed by atoms with Crippen molar-refractivity contribution in [3.63, 3.8) is 0 Å². The normalized spacial score (nSPS) is 16.3. The zero-order valence-electron chi connectivity index (χ0n) is 12.6. The van der Waals surface area contributed by atoms with Crippen molar-refractivity contribution in [3.8, 4) is 0 Å². The number of hydrogen-bond donors (Lipinski definition) is 0. The van der Waals surface area contributed by atoms with Crippen LogP contribution in [0.5, 0.6) is 0 Å². The van der Waals surface area contributed by atoms with E-state index in [0.29, 0.717) is 27.7 Å². The molecule has 0 spiro atoms. The molecular formula is C18H15Cl2NO2. The monoisotopic (exact) mass is 347 g/mol. The maximum Gasteiger partial charge on any atom is 0.227 e. The third kappa shape index (κ3) is 2.87. The zero-order chi connectivity index (χ0) is 16.6. The van der Waals surface area contributed by atoms with E-state index in [4.69, 9.17) is 23.2 Å². The van der Waals surface area contributed by atoms with E-state index in [-0.39, 0.29) is 18.4 Å². The number of hydrogen-bond acceptors (Lipinski definition) is 2. The fourth-order valence-electron chi connectivity index (χ4n) is 3.04. The van der Waals surface area contributed by atoms with Crippen LogP contribution in [0.15, 0.2) is 36.4 Å². The van der Waals surface area contributed by atoms with Crippen molar-refractivity contribution in [2.75, 3.05) is 0 Å². The Morgan fingerprint density at radius 1 is 1.22 bits per heavy atom. The Hall–Kier alpha value is -1.84. The minimum absolute atomic E-state index is 0.0550. The van der Waals surface area contributed by atoms with Crippen molar-refractivity contribution in [1.29, 1.82) is 0 Å². The molecule has 0 N–H and O–H groups in total. The molecule has 1 aliphatic heterocycles. The van der Waals surface area contributed by atoms with E-state index in [1.165, 1.54) is 0 Å². The highest BCUT2D eigenvalue weighted by Gasteiger charge is 2.32. The largest absolute Gasteiger partial charge is 0.331 e. The third-order valence-electron chi connectivity index (χ3n) is 4.33. The van der Waals surface area contributed by atoms with Gasteiger partial charge in [-0.05, 0) is 35.7 Å². The summed E-state index contributed by atoms with van der Waals surface area (Å²) in [6.07, 6.45) is 0.984. The molecule has 1 atom stereocenters. The molecule has 1 amide bonds. The maximum atomic E-state index is 12.7. The summed E-state index contributed by atoms with van der Waals surface area (Å²) in [6.45, 7) is 2.40. The Labute approximate surface area is 144 Å². The first-order valence-corrected chi connectivity index (χ1v) is 8.08. The van der Waals surface area contributed by atoms with Crippen LogP contribution < -0.4 is 0 Å². The van der Waals surface area contributed by atoms with E-state index in [2.05, 4.69) is 0 Å². The molecule has 3 nitrogen and oxygen atoms in total. The van der Waals surface area contributed by atoms with Gasteiger partial charge in [-0.25, -0.2) is 0 Å². The molecule has 0 saturated heterocycles. The van der Waals surface area contributed by atoms with Crippen LogP contribution >= 0.6 is 23.2 Å². The van der Waals surface area contributed by atoms with Crippen LogP contribution in [-0.2, 0) is 17.8 Å². The topological polar surface area (TPSA) is 37.4 Å². The molecule has 1 heterocycles. The molecule has 118 valence electrons. The third-order valence-corrected chi connectivity index (χ3v) is 5.04. The van der Waals surface area contributed by atoms with Crippen LogP contribution in [-0.4, -0.2) is 17.1 Å². The molecule has 5 heteroatoms. The highest BCUT2D eigenvalue weighted by atomic mass is 35.5. The predicted octanol–water partition coefficient (Wildman–Crippen LogP) is 4.45. The summed E-state index contributed by atoms with van der Waals surface area (Å²) < 4.78 is 0. The van der Waals surface area contributed by atoms with Gasteiger partial charge >= 0.3 is 0 Å². The average Bonchev–Trinajstić information content (AvgIpc) is 2.88. The van der Waals surface area contributed by atoms with Crippen molar-refractivity contribution in [3.05, 3.63) is 68.7 Å². The molecule has 0 fully saturated rings. The van der Waals surface area contributed by atoms with Crippen molar-refractivity contribution in [2.24, 2.45) is 0 Å². The van der Waals surface area contributed by atoms with E-state index >= 15 is 0 Å². The summed E-state index contributed by atoms with van der Waals surface area (Å²) in [5, 5.41) is 0.979. The van der Waals surface area contributed by atoms with Crippen LogP contribution in [0, 0.1) is 0 Å². The quantitative estimate of drug-likeness (QED) is 0.769. The molecule has 2 aromatic carbocycles. The summed E-state index contributed by atoms with van der Waals surface area (Å²) in [6, 6.07) is 10.7. The first kappa shape index (κ1) is 16.0. The standard InChI is InChI=1S/C18H15Cl2NO2/c1-11-13-5-2-4-12(10-22)15(13)9-21(11)18(23)8-14-16(19)6-3-7-17(14)20/h2-7,10-11H,8-9H2,1H3/t11-/m0/s1. The second-order valence-electron chi connectivity index (χ2n) is 5.61. The Morgan fingerprint density at radius 3 is 2.52 bits per heavy atom. The van der Waals surface area contributed by atoms with E-state index in [1.807, 2.05) is 19.1 Å². The van der Waals surface area contributed by atoms with Gasteiger partial charge in [0.1, 0.15) is 6.29 Å². The predicted molar refractivity (Wildman–Crippen MR) is 91.0 cm³/mol. The lowest BCUT2D eigenvalue weighted by molar-refractivity contribution is -0.132. The summed E-state index contributed by atoms with van der Waals surface area (Å²) in [4.78, 5) is 25.7. The lowest BCUT2D eigenvalue weighted by atomic mass is 10.0. The molecule has 3 rings (SSSR count). The number of aldehydes is 1. The number of amides is 1. The summed E-state index contributed by atoms with van der Waals surface area (Å²) in [5.74, 6) is -0.0550. The second-order valence-corrected chi connectivity index (χ2v) is 6.42. The van der Waals surface area contributed by atoms with Crippen molar-refractivity contribution in [1.82, 2.24) is 4.90 Å². The van der Waals surface area contributed by atoms with Gasteiger partial charge in [0.2, 0.25) is 5.91 Å². The molecule has 0 radical (unpaired) electrons. The highest BCUT2D eigenvalue weighted by Crippen LogP contribution is 2.36. The second kappa shape index (κ2) is 6.34. The lowest BCUT2D eigenvalue weighted by Gasteiger charge is -2.22. The number of nitrogens with zero attached hydrogens (tertiary/aromatic N) is 1. The summed E-state index contributed by atoms with van der Waals surface area (Å²) >= 11 is 12.3. The Balaban J connectivity index is 1.86. The SMILES string of the molecule is C[C@H]1c2cccc(C=O)c2CN1C(=O)Cc1c(Cl)cccc1Cl. The van der Waals surface area contributed by atoms with Crippen molar-refractivity contribution in [2.45, 2.75) is 25.9 Å². The molecule has 23 heavy (non-hydrogen) atoms. The Morgan fingerprint density at radius 2 is 1.87 bits per heavy atom. The van der Waals surface area contributed by atoms with Crippen LogP contribution in [0.3, 0.4) is 0 Å². The number of halogens is 2. The number of rotatable bonds is 3. The van der Waals surface area contributed by atoms with E-state index < -0.39 is 0 Å². The molecule has 0 bridgehead atoms. The number of carbonyl (C=O) groups excluding carboxylic acids is 2. The van der Waals surface area contributed by atoms with Gasteiger partial charge in [-0.3, -0.25) is 9.59 Å². The smallest absolute Gasteiger partial charge is 0.227 e. The van der Waals surface area contributed by atoms with Gasteiger partial charge in [-0.2, -0.15) is 0 Å². The maximum absolute atomic E-state index is 12.7. The minimum Gasteiger partial charge on any atom is -0.331 e. The Kier molecular flexibility index (Phi) is 4.42. The lowest BCUT2D eigenvalue weighted by Crippen LogP contribution is -2.29. The van der Waals surface area contributed by atoms with Gasteiger partial charge in [-0.1, -0.05) is 47.5 Å². The van der Waals surface area contributed by atoms with Crippen LogP contribution in [0.4, 0.5) is 0 Å². The fraction of sp³-hybridized carbons (Fsp3) is 0.222. The molecule has 2 aromatic rings. The highest BCUT2D eigenvalue weighted by molar-refractivity contribution is 6.36. The summed E-state index contributed by atoms with van der Waals surface area (Å²) in [5.41, 5.74) is 3.22. The fourth-order valence-corrected chi connectivity index (χ4v) is 3.57. The molecule has 0 unspecified atom stereocenters. The van der Waals surface area contributed by atoms with Gasteiger partial charge < -0.3 is 4.90 Å². The summed E-state index contributed by atoms with van der Waals surface area (Å²) in [7, 11) is 0. The number of carbonyl (C=O) groups is 2. The molecule has 0 aliphatic carbocycles. The molecular weight excluding hydrogens is 333 g/mol. The van der Waals surface area contributed by atoms with Crippen LogP contribution in [0.2, 0.25) is 10.0 Å². The van der Waals surface area contributed by atoms with Gasteiger partial charge in [0.05, 0.1) is 12.5 Å². The first-order chi connectivity index (χ1) is 11.0. The zero-order valence-corrected chi connectivity index (χ0v) is 14.1. The molecule has 1 aliphatic rings. The van der Waals surface area contributed by atoms with E-state index in [0.717, 1.165) is 17.4 Å². The van der Waals surface area contributed by atoms with Crippen LogP contribution in [0.1, 0.15) is 40.0 Å². The van der Waals surface area contributed by atoms with Gasteiger partial charge in [0.15, 0.2) is 0 Å².